The van der Waals surface area contributed by atoms with Crippen LogP contribution in [0.25, 0.3) is 0 Å². The maximum atomic E-state index is 4.34. The minimum atomic E-state index is 0.662. The average Bonchev–Trinajstić information content (AvgIpc) is 2.38. The smallest absolute Gasteiger partial charge is 0.0541 e. The van der Waals surface area contributed by atoms with E-state index >= 15 is 0 Å². The van der Waals surface area contributed by atoms with Gasteiger partial charge in [-0.05, 0) is 44.0 Å². The van der Waals surface area contributed by atoms with Gasteiger partial charge in [-0.1, -0.05) is 19.9 Å². The molecule has 100 valence electrons. The fraction of sp³-hybridized carbons (Fsp3) is 0.667. The molecule has 0 unspecified atom stereocenters. The normalized spacial score (nSPS) is 18.4. The van der Waals surface area contributed by atoms with E-state index in [1.165, 1.54) is 32.5 Å². The molecule has 0 atom stereocenters. The Labute approximate surface area is 111 Å². The number of nitrogens with one attached hydrogen (secondary N) is 1. The highest BCUT2D eigenvalue weighted by molar-refractivity contribution is 5.03. The molecule has 2 rings (SSSR count). The molecule has 1 fully saturated rings. The highest BCUT2D eigenvalue weighted by Gasteiger charge is 2.18. The third kappa shape index (κ3) is 4.39. The van der Waals surface area contributed by atoms with Crippen molar-refractivity contribution in [3.63, 3.8) is 0 Å². The van der Waals surface area contributed by atoms with Crippen molar-refractivity contribution in [2.75, 3.05) is 19.6 Å². The fourth-order valence-electron chi connectivity index (χ4n) is 2.59. The maximum Gasteiger partial charge on any atom is 0.0541 e. The van der Waals surface area contributed by atoms with Crippen molar-refractivity contribution in [3.05, 3.63) is 30.1 Å². The predicted molar refractivity (Wildman–Crippen MR) is 75.4 cm³/mol. The predicted octanol–water partition coefficient (Wildman–Crippen LogP) is 2.29. The monoisotopic (exact) mass is 247 g/mol. The number of aromatic nitrogens is 1. The van der Waals surface area contributed by atoms with E-state index in [9.17, 15) is 0 Å². The van der Waals surface area contributed by atoms with Crippen molar-refractivity contribution >= 4 is 0 Å². The van der Waals surface area contributed by atoms with Crippen LogP contribution in [0.5, 0.6) is 0 Å². The van der Waals surface area contributed by atoms with E-state index in [1.807, 2.05) is 12.3 Å². The van der Waals surface area contributed by atoms with Crippen LogP contribution in [0.3, 0.4) is 0 Å². The molecule has 0 spiro atoms. The van der Waals surface area contributed by atoms with Crippen LogP contribution in [0.2, 0.25) is 0 Å². The molecule has 18 heavy (non-hydrogen) atoms. The van der Waals surface area contributed by atoms with Gasteiger partial charge in [0, 0.05) is 25.3 Å². The summed E-state index contributed by atoms with van der Waals surface area (Å²) in [5.74, 6) is 0.781. The lowest BCUT2D eigenvalue weighted by molar-refractivity contribution is 0.179. The summed E-state index contributed by atoms with van der Waals surface area (Å²) in [6.07, 6.45) is 4.39. The van der Waals surface area contributed by atoms with E-state index in [0.717, 1.165) is 18.2 Å². The van der Waals surface area contributed by atoms with Crippen molar-refractivity contribution < 1.29 is 0 Å². The Kier molecular flexibility index (Phi) is 5.14. The van der Waals surface area contributed by atoms with Crippen LogP contribution in [0, 0.1) is 5.92 Å². The number of nitrogens with zero attached hydrogens (tertiary/aromatic N) is 2. The van der Waals surface area contributed by atoms with Gasteiger partial charge < -0.3 is 10.2 Å². The van der Waals surface area contributed by atoms with Gasteiger partial charge in [-0.2, -0.15) is 0 Å². The molecule has 0 radical (unpaired) electrons. The summed E-state index contributed by atoms with van der Waals surface area (Å²) < 4.78 is 0. The summed E-state index contributed by atoms with van der Waals surface area (Å²) in [7, 11) is 0. The molecule has 3 nitrogen and oxygen atoms in total. The Balaban J connectivity index is 1.68. The molecule has 0 amide bonds. The van der Waals surface area contributed by atoms with Crippen molar-refractivity contribution in [2.45, 2.75) is 39.3 Å². The third-order valence-electron chi connectivity index (χ3n) is 3.51. The van der Waals surface area contributed by atoms with Crippen LogP contribution >= 0.6 is 0 Å². The third-order valence-corrected chi connectivity index (χ3v) is 3.51. The van der Waals surface area contributed by atoms with Gasteiger partial charge in [0.1, 0.15) is 0 Å². The quantitative estimate of drug-likeness (QED) is 0.865. The second kappa shape index (κ2) is 6.86. The first-order valence-corrected chi connectivity index (χ1v) is 7.09. The highest BCUT2D eigenvalue weighted by Crippen LogP contribution is 2.12. The second-order valence-electron chi connectivity index (χ2n) is 5.67. The molecule has 1 aliphatic rings. The highest BCUT2D eigenvalue weighted by atomic mass is 15.1. The summed E-state index contributed by atoms with van der Waals surface area (Å²) in [6.45, 7) is 9.20. The Morgan fingerprint density at radius 1 is 1.33 bits per heavy atom. The SMILES string of the molecule is CC(C)CN1CCC(NCc2ccccn2)CC1. The second-order valence-corrected chi connectivity index (χ2v) is 5.67. The van der Waals surface area contributed by atoms with Gasteiger partial charge in [0.25, 0.3) is 0 Å². The molecule has 1 aromatic heterocycles. The zero-order chi connectivity index (χ0) is 12.8. The van der Waals surface area contributed by atoms with Gasteiger partial charge in [0.2, 0.25) is 0 Å². The zero-order valence-corrected chi connectivity index (χ0v) is 11.6. The van der Waals surface area contributed by atoms with Crippen LogP contribution in [0.15, 0.2) is 24.4 Å². The molecule has 0 saturated carbocycles. The van der Waals surface area contributed by atoms with E-state index in [2.05, 4.69) is 41.2 Å². The molecule has 0 bridgehead atoms. The Bertz CT molecular complexity index is 329. The molecule has 1 aliphatic heterocycles. The fourth-order valence-corrected chi connectivity index (χ4v) is 2.59. The zero-order valence-electron chi connectivity index (χ0n) is 11.6. The summed E-state index contributed by atoms with van der Waals surface area (Å²) in [5, 5.41) is 3.62. The van der Waals surface area contributed by atoms with Crippen molar-refractivity contribution in [2.24, 2.45) is 5.92 Å². The lowest BCUT2D eigenvalue weighted by Crippen LogP contribution is -2.43. The maximum absolute atomic E-state index is 4.34. The van der Waals surface area contributed by atoms with E-state index < -0.39 is 0 Å². The Hall–Kier alpha value is -0.930. The van der Waals surface area contributed by atoms with Crippen LogP contribution in [0.4, 0.5) is 0 Å². The van der Waals surface area contributed by atoms with Gasteiger partial charge in [-0.25, -0.2) is 0 Å². The first-order valence-electron chi connectivity index (χ1n) is 7.09. The largest absolute Gasteiger partial charge is 0.308 e. The van der Waals surface area contributed by atoms with E-state index in [0.29, 0.717) is 6.04 Å². The standard InChI is InChI=1S/C15H25N3/c1-13(2)12-18-9-6-14(7-10-18)17-11-15-5-3-4-8-16-15/h3-5,8,13-14,17H,6-7,9-12H2,1-2H3. The minimum absolute atomic E-state index is 0.662. The summed E-state index contributed by atoms with van der Waals surface area (Å²) in [6, 6.07) is 6.76. The topological polar surface area (TPSA) is 28.2 Å². The number of rotatable bonds is 5. The minimum Gasteiger partial charge on any atom is -0.308 e. The molecule has 2 heterocycles. The van der Waals surface area contributed by atoms with E-state index in [-0.39, 0.29) is 0 Å². The van der Waals surface area contributed by atoms with Crippen LogP contribution in [-0.4, -0.2) is 35.6 Å². The first-order chi connectivity index (χ1) is 8.74. The molecule has 0 aliphatic carbocycles. The molecule has 1 N–H and O–H groups in total. The summed E-state index contributed by atoms with van der Waals surface area (Å²) in [5.41, 5.74) is 1.14. The molecular weight excluding hydrogens is 222 g/mol. The molecule has 1 saturated heterocycles. The number of hydrogen-bond acceptors (Lipinski definition) is 3. The Morgan fingerprint density at radius 2 is 2.11 bits per heavy atom. The van der Waals surface area contributed by atoms with E-state index in [1.54, 1.807) is 0 Å². The number of likely N-dealkylation sites (tertiary alicyclic amines) is 1. The summed E-state index contributed by atoms with van der Waals surface area (Å²) >= 11 is 0. The van der Waals surface area contributed by atoms with Crippen LogP contribution < -0.4 is 5.32 Å². The van der Waals surface area contributed by atoms with Gasteiger partial charge in [-0.3, -0.25) is 4.98 Å². The van der Waals surface area contributed by atoms with Crippen molar-refractivity contribution in [1.29, 1.82) is 0 Å². The van der Waals surface area contributed by atoms with Crippen molar-refractivity contribution in [3.8, 4) is 0 Å². The van der Waals surface area contributed by atoms with Gasteiger partial charge in [0.05, 0.1) is 5.69 Å². The molecule has 1 aromatic rings. The number of pyridine rings is 1. The first kappa shape index (κ1) is 13.5. The van der Waals surface area contributed by atoms with Crippen LogP contribution in [-0.2, 0) is 6.54 Å². The average molecular weight is 247 g/mol. The summed E-state index contributed by atoms with van der Waals surface area (Å²) in [4.78, 5) is 6.93. The number of piperidine rings is 1. The lowest BCUT2D eigenvalue weighted by atomic mass is 10.0. The molecule has 0 aromatic carbocycles. The van der Waals surface area contributed by atoms with Gasteiger partial charge >= 0.3 is 0 Å². The number of hydrogen-bond donors (Lipinski definition) is 1. The Morgan fingerprint density at radius 3 is 2.72 bits per heavy atom. The van der Waals surface area contributed by atoms with Gasteiger partial charge in [0.15, 0.2) is 0 Å². The lowest BCUT2D eigenvalue weighted by Gasteiger charge is -2.33. The molecule has 3 heteroatoms. The molecular formula is C15H25N3. The van der Waals surface area contributed by atoms with Crippen LogP contribution in [0.1, 0.15) is 32.4 Å². The van der Waals surface area contributed by atoms with E-state index in [4.69, 9.17) is 0 Å². The van der Waals surface area contributed by atoms with Gasteiger partial charge in [-0.15, -0.1) is 0 Å². The van der Waals surface area contributed by atoms with Crippen molar-refractivity contribution in [1.82, 2.24) is 15.2 Å².